The Balaban J connectivity index is 2.15. The number of nitrogens with one attached hydrogen (secondary N) is 1. The molecular formula is C14H18BrN5. The van der Waals surface area contributed by atoms with Crippen molar-refractivity contribution in [3.05, 3.63) is 40.9 Å². The van der Waals surface area contributed by atoms with Crippen LogP contribution in [0.15, 0.2) is 35.3 Å². The molecule has 5 nitrogen and oxygen atoms in total. The van der Waals surface area contributed by atoms with Crippen molar-refractivity contribution in [3.8, 4) is 0 Å². The summed E-state index contributed by atoms with van der Waals surface area (Å²) < 4.78 is 0.889. The van der Waals surface area contributed by atoms with Crippen LogP contribution in [0.5, 0.6) is 0 Å². The van der Waals surface area contributed by atoms with Gasteiger partial charge in [-0.25, -0.2) is 9.97 Å². The maximum Gasteiger partial charge on any atom is 0.148 e. The first-order valence-corrected chi connectivity index (χ1v) is 7.36. The fourth-order valence-corrected chi connectivity index (χ4v) is 2.48. The Morgan fingerprint density at radius 1 is 1.35 bits per heavy atom. The predicted octanol–water partition coefficient (Wildman–Crippen LogP) is 3.09. The summed E-state index contributed by atoms with van der Waals surface area (Å²) in [5, 5.41) is 3.28. The number of aromatic nitrogens is 3. The Morgan fingerprint density at radius 3 is 2.90 bits per heavy atom. The van der Waals surface area contributed by atoms with Gasteiger partial charge in [-0.2, -0.15) is 0 Å². The molecule has 0 fully saturated rings. The van der Waals surface area contributed by atoms with Crippen LogP contribution >= 0.6 is 15.9 Å². The number of rotatable bonds is 6. The van der Waals surface area contributed by atoms with Crippen LogP contribution in [-0.4, -0.2) is 28.5 Å². The van der Waals surface area contributed by atoms with Gasteiger partial charge in [0.15, 0.2) is 0 Å². The lowest BCUT2D eigenvalue weighted by atomic mass is 10.3. The van der Waals surface area contributed by atoms with Crippen LogP contribution in [0.25, 0.3) is 0 Å². The smallest absolute Gasteiger partial charge is 0.148 e. The fourth-order valence-electron chi connectivity index (χ4n) is 1.83. The van der Waals surface area contributed by atoms with Crippen molar-refractivity contribution in [2.75, 3.05) is 23.8 Å². The molecule has 1 N–H and O–H groups in total. The molecule has 0 aromatic carbocycles. The van der Waals surface area contributed by atoms with Crippen molar-refractivity contribution in [2.45, 2.75) is 19.9 Å². The number of pyridine rings is 1. The van der Waals surface area contributed by atoms with Crippen LogP contribution in [-0.2, 0) is 6.54 Å². The van der Waals surface area contributed by atoms with Crippen LogP contribution in [0.1, 0.15) is 18.9 Å². The highest BCUT2D eigenvalue weighted by Gasteiger charge is 2.12. The summed E-state index contributed by atoms with van der Waals surface area (Å²) in [5.74, 6) is 1.69. The number of hydrogen-bond donors (Lipinski definition) is 1. The van der Waals surface area contributed by atoms with Gasteiger partial charge in [-0.15, -0.1) is 0 Å². The Bertz CT molecular complexity index is 547. The van der Waals surface area contributed by atoms with Crippen molar-refractivity contribution < 1.29 is 0 Å². The van der Waals surface area contributed by atoms with Gasteiger partial charge in [0.2, 0.25) is 0 Å². The minimum atomic E-state index is 0.747. The molecule has 0 amide bonds. The fraction of sp³-hybridized carbons (Fsp3) is 0.357. The normalized spacial score (nSPS) is 10.3. The zero-order valence-electron chi connectivity index (χ0n) is 11.7. The molecule has 2 aromatic heterocycles. The summed E-state index contributed by atoms with van der Waals surface area (Å²) in [6.45, 7) is 3.76. The van der Waals surface area contributed by atoms with Crippen molar-refractivity contribution in [2.24, 2.45) is 0 Å². The lowest BCUT2D eigenvalue weighted by Gasteiger charge is -2.20. The van der Waals surface area contributed by atoms with E-state index in [2.05, 4.69) is 54.1 Å². The van der Waals surface area contributed by atoms with Gasteiger partial charge in [-0.05, 0) is 34.0 Å². The van der Waals surface area contributed by atoms with Crippen LogP contribution in [0.2, 0.25) is 0 Å². The highest BCUT2D eigenvalue weighted by atomic mass is 79.9. The van der Waals surface area contributed by atoms with Crippen LogP contribution in [0.3, 0.4) is 0 Å². The maximum absolute atomic E-state index is 4.35. The van der Waals surface area contributed by atoms with Crippen LogP contribution < -0.4 is 10.2 Å². The lowest BCUT2D eigenvalue weighted by molar-refractivity contribution is 0.878. The monoisotopic (exact) mass is 335 g/mol. The first-order chi connectivity index (χ1) is 9.72. The molecule has 0 bridgehead atoms. The summed E-state index contributed by atoms with van der Waals surface area (Å²) in [6.07, 6.45) is 6.27. The first kappa shape index (κ1) is 14.7. The molecule has 0 spiro atoms. The van der Waals surface area contributed by atoms with Crippen molar-refractivity contribution >= 4 is 27.6 Å². The van der Waals surface area contributed by atoms with Crippen molar-refractivity contribution in [3.63, 3.8) is 0 Å². The standard InChI is InChI=1S/C14H18BrN5/c1-3-6-17-13-12(15)14(19-10-18-13)20(2)9-11-5-4-7-16-8-11/h4-5,7-8,10H,3,6,9H2,1-2H3,(H,17,18,19). The van der Waals surface area contributed by atoms with E-state index in [0.717, 1.165) is 41.2 Å². The van der Waals surface area contributed by atoms with Gasteiger partial charge < -0.3 is 10.2 Å². The van der Waals surface area contributed by atoms with Gasteiger partial charge in [0.1, 0.15) is 22.4 Å². The summed E-state index contributed by atoms with van der Waals surface area (Å²) in [7, 11) is 2.00. The summed E-state index contributed by atoms with van der Waals surface area (Å²) in [6, 6.07) is 3.99. The van der Waals surface area contributed by atoms with Gasteiger partial charge in [-0.3, -0.25) is 4.98 Å². The van der Waals surface area contributed by atoms with E-state index >= 15 is 0 Å². The van der Waals surface area contributed by atoms with Gasteiger partial charge in [-0.1, -0.05) is 13.0 Å². The topological polar surface area (TPSA) is 53.9 Å². The molecule has 2 heterocycles. The molecule has 106 valence electrons. The van der Waals surface area contributed by atoms with Gasteiger partial charge in [0.05, 0.1) is 0 Å². The van der Waals surface area contributed by atoms with Crippen LogP contribution in [0, 0.1) is 0 Å². The molecule has 20 heavy (non-hydrogen) atoms. The molecule has 2 aromatic rings. The van der Waals surface area contributed by atoms with Crippen LogP contribution in [0.4, 0.5) is 11.6 Å². The second kappa shape index (κ2) is 7.19. The second-order valence-electron chi connectivity index (χ2n) is 4.50. The van der Waals surface area contributed by atoms with E-state index in [4.69, 9.17) is 0 Å². The zero-order chi connectivity index (χ0) is 14.4. The average molecular weight is 336 g/mol. The van der Waals surface area contributed by atoms with E-state index < -0.39 is 0 Å². The first-order valence-electron chi connectivity index (χ1n) is 6.56. The third-order valence-corrected chi connectivity index (χ3v) is 3.55. The van der Waals surface area contributed by atoms with Crippen molar-refractivity contribution in [1.82, 2.24) is 15.0 Å². The highest BCUT2D eigenvalue weighted by molar-refractivity contribution is 9.10. The Labute approximate surface area is 127 Å². The minimum Gasteiger partial charge on any atom is -0.369 e. The quantitative estimate of drug-likeness (QED) is 0.879. The average Bonchev–Trinajstić information content (AvgIpc) is 2.47. The predicted molar refractivity (Wildman–Crippen MR) is 84.9 cm³/mol. The highest BCUT2D eigenvalue weighted by Crippen LogP contribution is 2.29. The van der Waals surface area contributed by atoms with Gasteiger partial charge in [0.25, 0.3) is 0 Å². The Kier molecular flexibility index (Phi) is 5.29. The SMILES string of the molecule is CCCNc1ncnc(N(C)Cc2cccnc2)c1Br. The number of hydrogen-bond acceptors (Lipinski definition) is 5. The molecule has 0 aliphatic heterocycles. The minimum absolute atomic E-state index is 0.747. The molecule has 0 aliphatic rings. The molecule has 2 rings (SSSR count). The zero-order valence-corrected chi connectivity index (χ0v) is 13.3. The van der Waals surface area contributed by atoms with E-state index in [9.17, 15) is 0 Å². The summed E-state index contributed by atoms with van der Waals surface area (Å²) >= 11 is 3.58. The number of halogens is 1. The maximum atomic E-state index is 4.35. The van der Waals surface area contributed by atoms with Gasteiger partial charge >= 0.3 is 0 Å². The number of nitrogens with zero attached hydrogens (tertiary/aromatic N) is 4. The number of anilines is 2. The molecule has 0 saturated heterocycles. The van der Waals surface area contributed by atoms with Gasteiger partial charge in [0, 0.05) is 32.5 Å². The van der Waals surface area contributed by atoms with E-state index in [0.29, 0.717) is 0 Å². The second-order valence-corrected chi connectivity index (χ2v) is 5.30. The molecule has 0 atom stereocenters. The Morgan fingerprint density at radius 2 is 2.20 bits per heavy atom. The largest absolute Gasteiger partial charge is 0.369 e. The third kappa shape index (κ3) is 3.66. The molecule has 0 saturated carbocycles. The van der Waals surface area contributed by atoms with E-state index in [1.165, 1.54) is 0 Å². The molecule has 0 aliphatic carbocycles. The Hall–Kier alpha value is -1.69. The third-order valence-electron chi connectivity index (χ3n) is 2.82. The van der Waals surface area contributed by atoms with Crippen molar-refractivity contribution in [1.29, 1.82) is 0 Å². The molecule has 0 unspecified atom stereocenters. The molecule has 6 heteroatoms. The van der Waals surface area contributed by atoms with E-state index in [-0.39, 0.29) is 0 Å². The van der Waals surface area contributed by atoms with E-state index in [1.54, 1.807) is 12.5 Å². The molecular weight excluding hydrogens is 318 g/mol. The molecule has 0 radical (unpaired) electrons. The summed E-state index contributed by atoms with van der Waals surface area (Å²) in [4.78, 5) is 14.8. The lowest BCUT2D eigenvalue weighted by Crippen LogP contribution is -2.19. The summed E-state index contributed by atoms with van der Waals surface area (Å²) in [5.41, 5.74) is 1.14. The van der Waals surface area contributed by atoms with E-state index in [1.807, 2.05) is 19.3 Å².